The second-order valence-electron chi connectivity index (χ2n) is 5.17. The summed E-state index contributed by atoms with van der Waals surface area (Å²) in [6.07, 6.45) is 0. The number of carbonyl (C=O) groups excluding carboxylic acids is 1. The van der Waals surface area contributed by atoms with Gasteiger partial charge < -0.3 is 4.74 Å². The molecule has 11 heteroatoms. The van der Waals surface area contributed by atoms with E-state index in [9.17, 15) is 23.3 Å². The zero-order valence-electron chi connectivity index (χ0n) is 14.0. The summed E-state index contributed by atoms with van der Waals surface area (Å²) in [4.78, 5) is 21.8. The first-order valence-electron chi connectivity index (χ1n) is 7.54. The molecule has 0 spiro atoms. The first-order chi connectivity index (χ1) is 12.7. The minimum atomic E-state index is -4.38. The fraction of sp³-hybridized carbons (Fsp3) is 0.188. The number of carbonyl (C=O) groups is 1. The Labute approximate surface area is 165 Å². The van der Waals surface area contributed by atoms with Gasteiger partial charge in [-0.2, -0.15) is 0 Å². The highest BCUT2D eigenvalue weighted by molar-refractivity contribution is 7.92. The number of non-ortho nitro benzene ring substituents is 1. The minimum absolute atomic E-state index is 0.0257. The summed E-state index contributed by atoms with van der Waals surface area (Å²) < 4.78 is 31.7. The lowest BCUT2D eigenvalue weighted by atomic mass is 10.3. The Balaban J connectivity index is 2.61. The maximum Gasteiger partial charge on any atom is 0.326 e. The fourth-order valence-corrected chi connectivity index (χ4v) is 4.08. The second kappa shape index (κ2) is 8.55. The SMILES string of the molecule is CCOC(=O)CN(c1cc(Cl)ccc1Cl)S(=O)(=O)c1cccc([N+](=O)[O-])c1. The number of ether oxygens (including phenoxy) is 1. The fourth-order valence-electron chi connectivity index (χ4n) is 2.19. The number of hydrogen-bond acceptors (Lipinski definition) is 6. The summed E-state index contributed by atoms with van der Waals surface area (Å²) in [7, 11) is -4.38. The van der Waals surface area contributed by atoms with E-state index in [1.165, 1.54) is 30.3 Å². The summed E-state index contributed by atoms with van der Waals surface area (Å²) in [5, 5.41) is 11.2. The van der Waals surface area contributed by atoms with Crippen LogP contribution in [0.4, 0.5) is 11.4 Å². The van der Waals surface area contributed by atoms with Crippen molar-refractivity contribution in [2.75, 3.05) is 17.5 Å². The second-order valence-corrected chi connectivity index (χ2v) is 7.87. The average Bonchev–Trinajstić information content (AvgIpc) is 2.62. The van der Waals surface area contributed by atoms with Gasteiger partial charge >= 0.3 is 5.97 Å². The summed E-state index contributed by atoms with van der Waals surface area (Å²) in [5.74, 6) is -0.817. The van der Waals surface area contributed by atoms with Gasteiger partial charge in [0.25, 0.3) is 15.7 Å². The van der Waals surface area contributed by atoms with Crippen molar-refractivity contribution in [3.63, 3.8) is 0 Å². The molecule has 0 aliphatic rings. The standard InChI is InChI=1S/C16H14Cl2N2O6S/c1-2-26-16(21)10-19(15-8-11(17)6-7-14(15)18)27(24,25)13-5-3-4-12(9-13)20(22)23/h3-9H,2,10H2,1H3. The number of esters is 1. The first kappa shape index (κ1) is 20.9. The van der Waals surface area contributed by atoms with Crippen LogP contribution in [0.5, 0.6) is 0 Å². The van der Waals surface area contributed by atoms with Crippen LogP contribution in [0.25, 0.3) is 0 Å². The topological polar surface area (TPSA) is 107 Å². The van der Waals surface area contributed by atoms with E-state index < -0.39 is 33.1 Å². The van der Waals surface area contributed by atoms with E-state index in [-0.39, 0.29) is 27.2 Å². The number of benzene rings is 2. The Morgan fingerprint density at radius 3 is 2.56 bits per heavy atom. The Bertz CT molecular complexity index is 981. The van der Waals surface area contributed by atoms with Crippen molar-refractivity contribution in [3.8, 4) is 0 Å². The van der Waals surface area contributed by atoms with Crippen molar-refractivity contribution >= 4 is 50.6 Å². The van der Waals surface area contributed by atoms with Crippen molar-refractivity contribution in [2.24, 2.45) is 0 Å². The molecule has 0 saturated carbocycles. The summed E-state index contributed by atoms with van der Waals surface area (Å²) in [6, 6.07) is 8.56. The van der Waals surface area contributed by atoms with Crippen LogP contribution in [0, 0.1) is 10.1 Å². The molecule has 0 saturated heterocycles. The van der Waals surface area contributed by atoms with Crippen LogP contribution >= 0.6 is 23.2 Å². The largest absolute Gasteiger partial charge is 0.465 e. The first-order valence-corrected chi connectivity index (χ1v) is 9.74. The number of nitrogens with zero attached hydrogens (tertiary/aromatic N) is 2. The van der Waals surface area contributed by atoms with E-state index in [4.69, 9.17) is 27.9 Å². The molecular formula is C16H14Cl2N2O6S. The molecule has 2 aromatic carbocycles. The molecule has 2 rings (SSSR count). The highest BCUT2D eigenvalue weighted by Gasteiger charge is 2.30. The third kappa shape index (κ3) is 4.88. The maximum absolute atomic E-state index is 13.1. The lowest BCUT2D eigenvalue weighted by Crippen LogP contribution is -2.36. The molecule has 144 valence electrons. The number of nitro benzene ring substituents is 1. The molecular weight excluding hydrogens is 419 g/mol. The molecule has 0 unspecified atom stereocenters. The molecule has 0 aliphatic heterocycles. The zero-order valence-corrected chi connectivity index (χ0v) is 16.3. The molecule has 0 fully saturated rings. The van der Waals surface area contributed by atoms with Gasteiger partial charge in [-0.15, -0.1) is 0 Å². The van der Waals surface area contributed by atoms with E-state index >= 15 is 0 Å². The molecule has 0 atom stereocenters. The number of anilines is 1. The van der Waals surface area contributed by atoms with Crippen LogP contribution in [0.2, 0.25) is 10.0 Å². The predicted molar refractivity (Wildman–Crippen MR) is 101 cm³/mol. The summed E-state index contributed by atoms with van der Waals surface area (Å²) >= 11 is 12.0. The Morgan fingerprint density at radius 2 is 1.93 bits per heavy atom. The van der Waals surface area contributed by atoms with Gasteiger partial charge in [0.15, 0.2) is 0 Å². The molecule has 27 heavy (non-hydrogen) atoms. The quantitative estimate of drug-likeness (QED) is 0.375. The van der Waals surface area contributed by atoms with Gasteiger partial charge in [0.1, 0.15) is 6.54 Å². The molecule has 0 bridgehead atoms. The maximum atomic E-state index is 13.1. The molecule has 0 N–H and O–H groups in total. The summed E-state index contributed by atoms with van der Waals surface area (Å²) in [6.45, 7) is 0.940. The molecule has 8 nitrogen and oxygen atoms in total. The number of rotatable bonds is 7. The van der Waals surface area contributed by atoms with Gasteiger partial charge in [-0.05, 0) is 31.2 Å². The molecule has 0 aromatic heterocycles. The van der Waals surface area contributed by atoms with Gasteiger partial charge in [-0.1, -0.05) is 29.3 Å². The summed E-state index contributed by atoms with van der Waals surface area (Å²) in [5.41, 5.74) is -0.465. The molecule has 2 aromatic rings. The van der Waals surface area contributed by atoms with Gasteiger partial charge in [0.05, 0.1) is 27.1 Å². The van der Waals surface area contributed by atoms with Gasteiger partial charge in [-0.3, -0.25) is 19.2 Å². The van der Waals surface area contributed by atoms with Crippen LogP contribution in [0.3, 0.4) is 0 Å². The average molecular weight is 433 g/mol. The van der Waals surface area contributed by atoms with E-state index in [1.54, 1.807) is 6.92 Å². The number of nitro groups is 1. The monoisotopic (exact) mass is 432 g/mol. The third-order valence-electron chi connectivity index (χ3n) is 3.37. The zero-order chi connectivity index (χ0) is 20.2. The molecule has 0 radical (unpaired) electrons. The van der Waals surface area contributed by atoms with E-state index in [1.807, 2.05) is 0 Å². The Hall–Kier alpha value is -2.36. The lowest BCUT2D eigenvalue weighted by Gasteiger charge is -2.24. The van der Waals surface area contributed by atoms with E-state index in [0.29, 0.717) is 4.31 Å². The van der Waals surface area contributed by atoms with Crippen molar-refractivity contribution in [3.05, 3.63) is 62.6 Å². The minimum Gasteiger partial charge on any atom is -0.465 e. The van der Waals surface area contributed by atoms with Crippen molar-refractivity contribution < 1.29 is 22.9 Å². The Morgan fingerprint density at radius 1 is 1.22 bits per heavy atom. The lowest BCUT2D eigenvalue weighted by molar-refractivity contribution is -0.385. The number of sulfonamides is 1. The van der Waals surface area contributed by atoms with Crippen molar-refractivity contribution in [1.29, 1.82) is 0 Å². The number of halogens is 2. The smallest absolute Gasteiger partial charge is 0.326 e. The molecule has 0 heterocycles. The third-order valence-corrected chi connectivity index (χ3v) is 5.68. The van der Waals surface area contributed by atoms with E-state index in [2.05, 4.69) is 0 Å². The van der Waals surface area contributed by atoms with E-state index in [0.717, 1.165) is 12.1 Å². The van der Waals surface area contributed by atoms with Crippen molar-refractivity contribution in [1.82, 2.24) is 0 Å². The molecule has 0 amide bonds. The Kier molecular flexibility index (Phi) is 6.63. The normalized spacial score (nSPS) is 11.1. The number of hydrogen-bond donors (Lipinski definition) is 0. The van der Waals surface area contributed by atoms with Gasteiger partial charge in [0, 0.05) is 17.2 Å². The predicted octanol–water partition coefficient (Wildman–Crippen LogP) is 3.66. The highest BCUT2D eigenvalue weighted by Crippen LogP contribution is 2.33. The van der Waals surface area contributed by atoms with Crippen LogP contribution in [-0.4, -0.2) is 32.5 Å². The van der Waals surface area contributed by atoms with Crippen LogP contribution < -0.4 is 4.31 Å². The van der Waals surface area contributed by atoms with Crippen LogP contribution in [0.15, 0.2) is 47.4 Å². The van der Waals surface area contributed by atoms with Crippen LogP contribution in [-0.2, 0) is 19.6 Å². The van der Waals surface area contributed by atoms with Crippen molar-refractivity contribution in [2.45, 2.75) is 11.8 Å². The molecule has 0 aliphatic carbocycles. The van der Waals surface area contributed by atoms with Gasteiger partial charge in [0.2, 0.25) is 0 Å². The van der Waals surface area contributed by atoms with Crippen LogP contribution in [0.1, 0.15) is 6.92 Å². The highest BCUT2D eigenvalue weighted by atomic mass is 35.5. The van der Waals surface area contributed by atoms with Gasteiger partial charge in [-0.25, -0.2) is 8.42 Å².